The molecule has 2 aromatic carbocycles. The maximum Gasteiger partial charge on any atom is 0.147 e. The second-order valence-corrected chi connectivity index (χ2v) is 6.12. The molecule has 1 heterocycles. The molecule has 21 heavy (non-hydrogen) atoms. The average Bonchev–Trinajstić information content (AvgIpc) is 2.50. The average molecular weight is 300 g/mol. The summed E-state index contributed by atoms with van der Waals surface area (Å²) >= 11 is 0. The zero-order chi connectivity index (χ0) is 14.8. The van der Waals surface area contributed by atoms with E-state index in [2.05, 4.69) is 4.98 Å². The molecule has 3 nitrogen and oxygen atoms in total. The van der Waals surface area contributed by atoms with Gasteiger partial charge in [-0.25, -0.2) is 4.39 Å². The molecule has 5 heteroatoms. The molecular formula is C16H13FN2OS. The fourth-order valence-electron chi connectivity index (χ4n) is 2.16. The number of nitrogen functional groups attached to an aromatic ring is 1. The van der Waals surface area contributed by atoms with E-state index in [1.807, 2.05) is 30.3 Å². The minimum Gasteiger partial charge on any atom is -0.396 e. The van der Waals surface area contributed by atoms with E-state index in [0.29, 0.717) is 4.90 Å². The van der Waals surface area contributed by atoms with Gasteiger partial charge in [-0.2, -0.15) is 0 Å². The van der Waals surface area contributed by atoms with E-state index in [9.17, 15) is 8.60 Å². The van der Waals surface area contributed by atoms with E-state index < -0.39 is 16.6 Å². The number of nitrogens with zero attached hydrogens (tertiary/aromatic N) is 1. The van der Waals surface area contributed by atoms with Gasteiger partial charge in [0.05, 0.1) is 27.8 Å². The number of benzene rings is 2. The SMILES string of the molecule is Nc1ccc(S(=O)Cc2cccc3cccnc23)cc1F. The van der Waals surface area contributed by atoms with Crippen LogP contribution in [0, 0.1) is 5.82 Å². The van der Waals surface area contributed by atoms with Crippen molar-refractivity contribution < 1.29 is 8.60 Å². The number of halogens is 1. The maximum absolute atomic E-state index is 13.5. The smallest absolute Gasteiger partial charge is 0.147 e. The van der Waals surface area contributed by atoms with E-state index in [1.54, 1.807) is 12.3 Å². The van der Waals surface area contributed by atoms with Crippen LogP contribution in [0.1, 0.15) is 5.56 Å². The van der Waals surface area contributed by atoms with Gasteiger partial charge in [0.25, 0.3) is 0 Å². The van der Waals surface area contributed by atoms with Crippen molar-refractivity contribution in [1.82, 2.24) is 4.98 Å². The number of hydrogen-bond donors (Lipinski definition) is 1. The highest BCUT2D eigenvalue weighted by molar-refractivity contribution is 7.84. The largest absolute Gasteiger partial charge is 0.396 e. The molecule has 0 saturated heterocycles. The highest BCUT2D eigenvalue weighted by Crippen LogP contribution is 2.21. The summed E-state index contributed by atoms with van der Waals surface area (Å²) < 4.78 is 25.9. The fourth-order valence-corrected chi connectivity index (χ4v) is 3.29. The first-order valence-corrected chi connectivity index (χ1v) is 7.73. The number of anilines is 1. The summed E-state index contributed by atoms with van der Waals surface area (Å²) in [5, 5.41) is 0.996. The molecular weight excluding hydrogens is 287 g/mol. The Labute approximate surface area is 124 Å². The van der Waals surface area contributed by atoms with Gasteiger partial charge in [-0.3, -0.25) is 9.19 Å². The van der Waals surface area contributed by atoms with Gasteiger partial charge in [0.15, 0.2) is 0 Å². The number of rotatable bonds is 3. The van der Waals surface area contributed by atoms with Crippen molar-refractivity contribution in [2.45, 2.75) is 10.6 Å². The molecule has 1 aromatic heterocycles. The molecule has 0 bridgehead atoms. The van der Waals surface area contributed by atoms with Crippen LogP contribution in [0.3, 0.4) is 0 Å². The molecule has 1 atom stereocenters. The molecule has 0 radical (unpaired) electrons. The van der Waals surface area contributed by atoms with Crippen LogP contribution in [0.5, 0.6) is 0 Å². The molecule has 106 valence electrons. The van der Waals surface area contributed by atoms with Crippen LogP contribution < -0.4 is 5.73 Å². The molecule has 0 aliphatic rings. The Bertz CT molecular complexity index is 830. The lowest BCUT2D eigenvalue weighted by Crippen LogP contribution is -2.00. The van der Waals surface area contributed by atoms with Crippen molar-refractivity contribution in [2.75, 3.05) is 5.73 Å². The van der Waals surface area contributed by atoms with Crippen molar-refractivity contribution in [3.63, 3.8) is 0 Å². The maximum atomic E-state index is 13.5. The predicted molar refractivity (Wildman–Crippen MR) is 82.7 cm³/mol. The number of hydrogen-bond acceptors (Lipinski definition) is 3. The lowest BCUT2D eigenvalue weighted by Gasteiger charge is -2.07. The van der Waals surface area contributed by atoms with E-state index in [4.69, 9.17) is 5.73 Å². The second-order valence-electron chi connectivity index (χ2n) is 4.67. The van der Waals surface area contributed by atoms with Crippen LogP contribution in [0.2, 0.25) is 0 Å². The van der Waals surface area contributed by atoms with Gasteiger partial charge in [-0.05, 0) is 29.8 Å². The molecule has 3 rings (SSSR count). The van der Waals surface area contributed by atoms with Crippen molar-refractivity contribution in [3.8, 4) is 0 Å². The van der Waals surface area contributed by atoms with E-state index in [-0.39, 0.29) is 11.4 Å². The minimum atomic E-state index is -1.34. The summed E-state index contributed by atoms with van der Waals surface area (Å²) in [5.74, 6) is -0.255. The highest BCUT2D eigenvalue weighted by atomic mass is 32.2. The summed E-state index contributed by atoms with van der Waals surface area (Å²) in [4.78, 5) is 4.76. The van der Waals surface area contributed by atoms with E-state index in [1.165, 1.54) is 12.1 Å². The molecule has 0 saturated carbocycles. The number of pyridine rings is 1. The van der Waals surface area contributed by atoms with Crippen LogP contribution in [-0.2, 0) is 16.6 Å². The van der Waals surface area contributed by atoms with Crippen LogP contribution in [0.15, 0.2) is 59.6 Å². The third-order valence-electron chi connectivity index (χ3n) is 3.24. The highest BCUT2D eigenvalue weighted by Gasteiger charge is 2.10. The Morgan fingerprint density at radius 3 is 2.76 bits per heavy atom. The fraction of sp³-hybridized carbons (Fsp3) is 0.0625. The van der Waals surface area contributed by atoms with Gasteiger partial charge in [-0.15, -0.1) is 0 Å². The zero-order valence-electron chi connectivity index (χ0n) is 11.1. The van der Waals surface area contributed by atoms with Gasteiger partial charge in [-0.1, -0.05) is 24.3 Å². The third kappa shape index (κ3) is 2.78. The van der Waals surface area contributed by atoms with Crippen LogP contribution in [-0.4, -0.2) is 9.19 Å². The Morgan fingerprint density at radius 2 is 1.95 bits per heavy atom. The topological polar surface area (TPSA) is 56.0 Å². The summed E-state index contributed by atoms with van der Waals surface area (Å²) in [6.45, 7) is 0. The molecule has 2 N–H and O–H groups in total. The zero-order valence-corrected chi connectivity index (χ0v) is 11.9. The third-order valence-corrected chi connectivity index (χ3v) is 4.59. The van der Waals surface area contributed by atoms with E-state index >= 15 is 0 Å². The van der Waals surface area contributed by atoms with Gasteiger partial charge < -0.3 is 5.73 Å². The van der Waals surface area contributed by atoms with Crippen molar-refractivity contribution >= 4 is 27.4 Å². The number of nitrogens with two attached hydrogens (primary N) is 1. The number of aromatic nitrogens is 1. The lowest BCUT2D eigenvalue weighted by molar-refractivity contribution is 0.627. The van der Waals surface area contributed by atoms with Gasteiger partial charge in [0.1, 0.15) is 5.82 Å². The first-order chi connectivity index (χ1) is 10.1. The Kier molecular flexibility index (Phi) is 3.66. The van der Waals surface area contributed by atoms with Gasteiger partial charge in [0, 0.05) is 16.5 Å². The Balaban J connectivity index is 1.94. The Hall–Kier alpha value is -2.27. The molecule has 0 spiro atoms. The summed E-state index contributed by atoms with van der Waals surface area (Å²) in [6.07, 6.45) is 1.71. The first-order valence-electron chi connectivity index (χ1n) is 6.41. The summed E-state index contributed by atoms with van der Waals surface area (Å²) in [5.41, 5.74) is 7.19. The number of para-hydroxylation sites is 1. The molecule has 0 aliphatic carbocycles. The van der Waals surface area contributed by atoms with Crippen molar-refractivity contribution in [3.05, 3.63) is 66.1 Å². The van der Waals surface area contributed by atoms with Crippen molar-refractivity contribution in [1.29, 1.82) is 0 Å². The van der Waals surface area contributed by atoms with Crippen LogP contribution >= 0.6 is 0 Å². The molecule has 0 aliphatic heterocycles. The van der Waals surface area contributed by atoms with E-state index in [0.717, 1.165) is 16.5 Å². The minimum absolute atomic E-state index is 0.0579. The quantitative estimate of drug-likeness (QED) is 0.755. The monoisotopic (exact) mass is 300 g/mol. The first kappa shape index (κ1) is 13.7. The molecule has 3 aromatic rings. The normalized spacial score (nSPS) is 12.4. The van der Waals surface area contributed by atoms with Gasteiger partial charge in [0.2, 0.25) is 0 Å². The van der Waals surface area contributed by atoms with Crippen LogP contribution in [0.25, 0.3) is 10.9 Å². The lowest BCUT2D eigenvalue weighted by atomic mass is 10.1. The Morgan fingerprint density at radius 1 is 1.14 bits per heavy atom. The van der Waals surface area contributed by atoms with Gasteiger partial charge >= 0.3 is 0 Å². The second kappa shape index (κ2) is 5.61. The summed E-state index contributed by atoms with van der Waals surface area (Å²) in [7, 11) is -1.34. The predicted octanol–water partition coefficient (Wildman–Crippen LogP) is 3.26. The number of fused-ring (bicyclic) bond motifs is 1. The standard InChI is InChI=1S/C16H13FN2OS/c17-14-9-13(6-7-15(14)18)21(20)10-12-4-1-3-11-5-2-8-19-16(11)12/h1-9H,10,18H2. The molecule has 0 amide bonds. The van der Waals surface area contributed by atoms with Crippen LogP contribution in [0.4, 0.5) is 10.1 Å². The summed E-state index contributed by atoms with van der Waals surface area (Å²) in [6, 6.07) is 13.8. The molecule has 1 unspecified atom stereocenters. The molecule has 0 fully saturated rings. The van der Waals surface area contributed by atoms with Crippen molar-refractivity contribution in [2.24, 2.45) is 0 Å².